The molecule has 0 unspecified atom stereocenters. The maximum absolute atomic E-state index is 11.4. The standard InChI is InChI=1S/C12H23NO5S/c1-12(2,3)11(14)18-10-17-7-4-13-5-8-19(15,16)9-6-13/h4-10H2,1-3H3. The SMILES string of the molecule is CC(C)(C)C(=O)OCOCCN1CCS(=O)(=O)CC1. The fraction of sp³-hybridized carbons (Fsp3) is 0.917. The molecule has 1 aliphatic heterocycles. The van der Waals surface area contributed by atoms with Crippen LogP contribution in [0.25, 0.3) is 0 Å². The zero-order valence-electron chi connectivity index (χ0n) is 11.8. The Balaban J connectivity index is 2.08. The maximum Gasteiger partial charge on any atom is 0.313 e. The summed E-state index contributed by atoms with van der Waals surface area (Å²) in [6, 6.07) is 0. The Labute approximate surface area is 115 Å². The fourth-order valence-electron chi connectivity index (χ4n) is 1.54. The summed E-state index contributed by atoms with van der Waals surface area (Å²) in [5, 5.41) is 0. The molecular formula is C12H23NO5S. The number of esters is 1. The van der Waals surface area contributed by atoms with E-state index >= 15 is 0 Å². The summed E-state index contributed by atoms with van der Waals surface area (Å²) >= 11 is 0. The van der Waals surface area contributed by atoms with Crippen LogP contribution in [0.15, 0.2) is 0 Å². The maximum atomic E-state index is 11.4. The smallest absolute Gasteiger partial charge is 0.313 e. The van der Waals surface area contributed by atoms with Gasteiger partial charge in [-0.15, -0.1) is 0 Å². The first-order chi connectivity index (χ1) is 8.71. The van der Waals surface area contributed by atoms with E-state index in [1.165, 1.54) is 0 Å². The summed E-state index contributed by atoms with van der Waals surface area (Å²) in [7, 11) is -2.83. The summed E-state index contributed by atoms with van der Waals surface area (Å²) < 4.78 is 32.6. The van der Waals surface area contributed by atoms with Crippen LogP contribution < -0.4 is 0 Å². The first-order valence-corrected chi connectivity index (χ1v) is 8.21. The van der Waals surface area contributed by atoms with Gasteiger partial charge in [0.2, 0.25) is 0 Å². The molecule has 0 aliphatic carbocycles. The van der Waals surface area contributed by atoms with Gasteiger partial charge in [-0.1, -0.05) is 0 Å². The molecule has 1 saturated heterocycles. The van der Waals surface area contributed by atoms with Crippen LogP contribution in [0.2, 0.25) is 0 Å². The van der Waals surface area contributed by atoms with Gasteiger partial charge in [0, 0.05) is 19.6 Å². The number of carbonyl (C=O) groups is 1. The van der Waals surface area contributed by atoms with Gasteiger partial charge in [-0.25, -0.2) is 8.42 Å². The highest BCUT2D eigenvalue weighted by Crippen LogP contribution is 2.14. The van der Waals surface area contributed by atoms with Gasteiger partial charge < -0.3 is 9.47 Å². The van der Waals surface area contributed by atoms with Gasteiger partial charge in [0.1, 0.15) is 0 Å². The van der Waals surface area contributed by atoms with E-state index in [4.69, 9.17) is 9.47 Å². The Kier molecular flexibility index (Phi) is 5.76. The molecule has 1 aliphatic rings. The molecule has 0 aromatic heterocycles. The minimum Gasteiger partial charge on any atom is -0.438 e. The molecule has 112 valence electrons. The van der Waals surface area contributed by atoms with Crippen LogP contribution in [0.4, 0.5) is 0 Å². The van der Waals surface area contributed by atoms with Gasteiger partial charge in [-0.2, -0.15) is 0 Å². The Morgan fingerprint density at radius 1 is 1.21 bits per heavy atom. The quantitative estimate of drug-likeness (QED) is 0.412. The van der Waals surface area contributed by atoms with Crippen LogP contribution in [-0.4, -0.2) is 63.8 Å². The number of rotatable bonds is 5. The van der Waals surface area contributed by atoms with Crippen LogP contribution in [0.5, 0.6) is 0 Å². The van der Waals surface area contributed by atoms with E-state index in [2.05, 4.69) is 0 Å². The van der Waals surface area contributed by atoms with E-state index in [1.54, 1.807) is 20.8 Å². The molecule has 0 aromatic rings. The molecular weight excluding hydrogens is 270 g/mol. The van der Waals surface area contributed by atoms with E-state index < -0.39 is 15.3 Å². The molecule has 0 spiro atoms. The molecule has 7 heteroatoms. The molecule has 0 aromatic carbocycles. The van der Waals surface area contributed by atoms with Crippen LogP contribution >= 0.6 is 0 Å². The Hall–Kier alpha value is -0.660. The van der Waals surface area contributed by atoms with Crippen molar-refractivity contribution in [3.05, 3.63) is 0 Å². The predicted octanol–water partition coefficient (Wildman–Crippen LogP) is 0.280. The third-order valence-corrected chi connectivity index (χ3v) is 4.48. The van der Waals surface area contributed by atoms with Gasteiger partial charge >= 0.3 is 5.97 Å². The highest BCUT2D eigenvalue weighted by Gasteiger charge is 2.23. The third kappa shape index (κ3) is 6.35. The van der Waals surface area contributed by atoms with E-state index in [0.29, 0.717) is 26.2 Å². The molecule has 0 bridgehead atoms. The lowest BCUT2D eigenvalue weighted by Gasteiger charge is -2.26. The zero-order valence-corrected chi connectivity index (χ0v) is 12.7. The fourth-order valence-corrected chi connectivity index (χ4v) is 2.81. The Morgan fingerprint density at radius 3 is 2.32 bits per heavy atom. The average Bonchev–Trinajstić information content (AvgIpc) is 2.29. The van der Waals surface area contributed by atoms with E-state index in [9.17, 15) is 13.2 Å². The Bertz CT molecular complexity index is 385. The molecule has 1 fully saturated rings. The summed E-state index contributed by atoms with van der Waals surface area (Å²) in [6.07, 6.45) is 0. The van der Waals surface area contributed by atoms with Crippen molar-refractivity contribution in [2.24, 2.45) is 5.41 Å². The molecule has 0 N–H and O–H groups in total. The van der Waals surface area contributed by atoms with Crippen molar-refractivity contribution >= 4 is 15.8 Å². The number of ether oxygens (including phenoxy) is 2. The minimum absolute atomic E-state index is 0.0533. The summed E-state index contributed by atoms with van der Waals surface area (Å²) in [5.74, 6) is 0.134. The average molecular weight is 293 g/mol. The van der Waals surface area contributed by atoms with Gasteiger partial charge in [-0.3, -0.25) is 9.69 Å². The summed E-state index contributed by atoms with van der Waals surface area (Å²) in [6.45, 7) is 7.47. The first-order valence-electron chi connectivity index (χ1n) is 6.38. The van der Waals surface area contributed by atoms with E-state index in [1.807, 2.05) is 4.90 Å². The van der Waals surface area contributed by atoms with Crippen molar-refractivity contribution in [2.75, 3.05) is 44.5 Å². The third-order valence-electron chi connectivity index (χ3n) is 2.87. The molecule has 0 amide bonds. The van der Waals surface area contributed by atoms with E-state index in [-0.39, 0.29) is 24.3 Å². The monoisotopic (exact) mass is 293 g/mol. The van der Waals surface area contributed by atoms with Gasteiger partial charge in [0.25, 0.3) is 0 Å². The zero-order chi connectivity index (χ0) is 14.5. The van der Waals surface area contributed by atoms with Crippen LogP contribution in [-0.2, 0) is 24.1 Å². The first kappa shape index (κ1) is 16.4. The number of sulfone groups is 1. The van der Waals surface area contributed by atoms with Gasteiger partial charge in [0.15, 0.2) is 16.6 Å². The molecule has 19 heavy (non-hydrogen) atoms. The van der Waals surface area contributed by atoms with Crippen molar-refractivity contribution in [1.29, 1.82) is 0 Å². The highest BCUT2D eigenvalue weighted by atomic mass is 32.2. The lowest BCUT2D eigenvalue weighted by Crippen LogP contribution is -2.41. The van der Waals surface area contributed by atoms with E-state index in [0.717, 1.165) is 0 Å². The van der Waals surface area contributed by atoms with Crippen LogP contribution in [0.1, 0.15) is 20.8 Å². The van der Waals surface area contributed by atoms with Crippen molar-refractivity contribution in [1.82, 2.24) is 4.90 Å². The largest absolute Gasteiger partial charge is 0.438 e. The molecule has 0 atom stereocenters. The molecule has 0 saturated carbocycles. The second-order valence-electron chi connectivity index (χ2n) is 5.70. The molecule has 6 nitrogen and oxygen atoms in total. The van der Waals surface area contributed by atoms with Gasteiger partial charge in [-0.05, 0) is 20.8 Å². The Morgan fingerprint density at radius 2 is 1.79 bits per heavy atom. The number of hydrogen-bond acceptors (Lipinski definition) is 6. The number of hydrogen-bond donors (Lipinski definition) is 0. The van der Waals surface area contributed by atoms with Gasteiger partial charge in [0.05, 0.1) is 23.5 Å². The molecule has 0 radical (unpaired) electrons. The minimum atomic E-state index is -2.83. The normalized spacial score (nSPS) is 20.2. The van der Waals surface area contributed by atoms with Crippen molar-refractivity contribution in [3.8, 4) is 0 Å². The van der Waals surface area contributed by atoms with Crippen molar-refractivity contribution < 1.29 is 22.7 Å². The summed E-state index contributed by atoms with van der Waals surface area (Å²) in [4.78, 5) is 13.5. The number of nitrogens with zero attached hydrogens (tertiary/aromatic N) is 1. The van der Waals surface area contributed by atoms with Crippen molar-refractivity contribution in [3.63, 3.8) is 0 Å². The second kappa shape index (κ2) is 6.67. The molecule has 1 rings (SSSR count). The predicted molar refractivity (Wildman–Crippen MR) is 71.5 cm³/mol. The lowest BCUT2D eigenvalue weighted by atomic mass is 9.98. The summed E-state index contributed by atoms with van der Waals surface area (Å²) in [5.41, 5.74) is -0.523. The van der Waals surface area contributed by atoms with Crippen molar-refractivity contribution in [2.45, 2.75) is 20.8 Å². The lowest BCUT2D eigenvalue weighted by molar-refractivity contribution is -0.165. The number of carbonyl (C=O) groups excluding carboxylic acids is 1. The van der Waals surface area contributed by atoms with Crippen LogP contribution in [0.3, 0.4) is 0 Å². The van der Waals surface area contributed by atoms with Crippen LogP contribution in [0, 0.1) is 5.41 Å². The highest BCUT2D eigenvalue weighted by molar-refractivity contribution is 7.91. The second-order valence-corrected chi connectivity index (χ2v) is 8.00. The topological polar surface area (TPSA) is 72.9 Å². The molecule has 1 heterocycles.